The van der Waals surface area contributed by atoms with Crippen molar-refractivity contribution in [1.82, 2.24) is 4.90 Å². The second kappa shape index (κ2) is 10.2. The Balaban J connectivity index is 1.44. The molecule has 1 aliphatic rings. The largest absolute Gasteiger partial charge is 0.369 e. The van der Waals surface area contributed by atoms with Crippen LogP contribution in [0.5, 0.6) is 0 Å². The van der Waals surface area contributed by atoms with Crippen LogP contribution < -0.4 is 10.2 Å². The van der Waals surface area contributed by atoms with Crippen LogP contribution in [0.4, 0.5) is 11.4 Å². The van der Waals surface area contributed by atoms with Crippen LogP contribution >= 0.6 is 0 Å². The summed E-state index contributed by atoms with van der Waals surface area (Å²) < 4.78 is 0. The minimum Gasteiger partial charge on any atom is -0.369 e. The highest BCUT2D eigenvalue weighted by atomic mass is 16.2. The number of carbonyl (C=O) groups is 2. The average molecular weight is 394 g/mol. The van der Waals surface area contributed by atoms with Crippen molar-refractivity contribution in [2.24, 2.45) is 0 Å². The number of nitrogens with one attached hydrogen (secondary N) is 1. The van der Waals surface area contributed by atoms with Crippen molar-refractivity contribution in [3.63, 3.8) is 0 Å². The summed E-state index contributed by atoms with van der Waals surface area (Å²) in [5, 5.41) is 3.01. The van der Waals surface area contributed by atoms with Crippen LogP contribution in [-0.4, -0.2) is 49.3 Å². The van der Waals surface area contributed by atoms with Gasteiger partial charge in [-0.2, -0.15) is 0 Å². The number of hydrogen-bond donors (Lipinski definition) is 1. The highest BCUT2D eigenvalue weighted by Crippen LogP contribution is 2.18. The van der Waals surface area contributed by atoms with Crippen LogP contribution in [0.15, 0.2) is 48.5 Å². The summed E-state index contributed by atoms with van der Waals surface area (Å²) >= 11 is 0. The Labute approximate surface area is 173 Å². The number of Topliss-reactive ketones (excluding diaryl/α,β-unsaturated/α-hetero) is 1. The molecule has 0 radical (unpaired) electrons. The first-order valence-corrected chi connectivity index (χ1v) is 10.5. The summed E-state index contributed by atoms with van der Waals surface area (Å²) in [4.78, 5) is 28.3. The van der Waals surface area contributed by atoms with Crippen LogP contribution in [-0.2, 0) is 11.2 Å². The van der Waals surface area contributed by atoms with E-state index in [0.29, 0.717) is 6.54 Å². The van der Waals surface area contributed by atoms with E-state index in [1.54, 1.807) is 6.92 Å². The number of hydrogen-bond acceptors (Lipinski definition) is 4. The summed E-state index contributed by atoms with van der Waals surface area (Å²) in [6.45, 7) is 7.63. The SMILES string of the molecule is CCCCc1ccc(NC(=O)CN2CCN(c3ccc(C(C)=O)cc3)CC2)cc1. The lowest BCUT2D eigenvalue weighted by molar-refractivity contribution is -0.117. The topological polar surface area (TPSA) is 52.7 Å². The maximum absolute atomic E-state index is 12.4. The first-order valence-electron chi connectivity index (χ1n) is 10.5. The van der Waals surface area contributed by atoms with Crippen molar-refractivity contribution < 1.29 is 9.59 Å². The molecule has 0 saturated carbocycles. The van der Waals surface area contributed by atoms with Gasteiger partial charge in [-0.3, -0.25) is 14.5 Å². The number of aryl methyl sites for hydroxylation is 1. The molecule has 1 N–H and O–H groups in total. The first-order chi connectivity index (χ1) is 14.0. The van der Waals surface area contributed by atoms with Gasteiger partial charge in [0.05, 0.1) is 6.54 Å². The fourth-order valence-corrected chi connectivity index (χ4v) is 3.61. The number of ketones is 1. The smallest absolute Gasteiger partial charge is 0.238 e. The second-order valence-electron chi connectivity index (χ2n) is 7.71. The number of unbranched alkanes of at least 4 members (excludes halogenated alkanes) is 1. The normalized spacial score (nSPS) is 14.6. The summed E-state index contributed by atoms with van der Waals surface area (Å²) in [5.74, 6) is 0.119. The van der Waals surface area contributed by atoms with Crippen LogP contribution in [0.1, 0.15) is 42.6 Å². The fraction of sp³-hybridized carbons (Fsp3) is 0.417. The summed E-state index contributed by atoms with van der Waals surface area (Å²) in [6, 6.07) is 15.9. The third-order valence-corrected chi connectivity index (χ3v) is 5.44. The monoisotopic (exact) mass is 393 g/mol. The molecule has 1 amide bonds. The molecule has 0 spiro atoms. The van der Waals surface area contributed by atoms with Crippen LogP contribution in [0.25, 0.3) is 0 Å². The van der Waals surface area contributed by atoms with E-state index in [2.05, 4.69) is 34.2 Å². The Morgan fingerprint density at radius 2 is 1.59 bits per heavy atom. The van der Waals surface area contributed by atoms with Crippen molar-refractivity contribution >= 4 is 23.1 Å². The van der Waals surface area contributed by atoms with Crippen LogP contribution in [0, 0.1) is 0 Å². The van der Waals surface area contributed by atoms with Crippen molar-refractivity contribution in [3.05, 3.63) is 59.7 Å². The summed E-state index contributed by atoms with van der Waals surface area (Å²) in [5.41, 5.74) is 4.04. The zero-order valence-electron chi connectivity index (χ0n) is 17.5. The zero-order valence-corrected chi connectivity index (χ0v) is 17.5. The maximum Gasteiger partial charge on any atom is 0.238 e. The lowest BCUT2D eigenvalue weighted by Crippen LogP contribution is -2.48. The number of anilines is 2. The molecule has 0 aromatic heterocycles. The van der Waals surface area contributed by atoms with Gasteiger partial charge in [0.15, 0.2) is 5.78 Å². The van der Waals surface area contributed by atoms with Gasteiger partial charge in [0, 0.05) is 43.1 Å². The zero-order chi connectivity index (χ0) is 20.6. The Bertz CT molecular complexity index is 807. The Kier molecular flexibility index (Phi) is 7.42. The van der Waals surface area contributed by atoms with Crippen molar-refractivity contribution in [3.8, 4) is 0 Å². The van der Waals surface area contributed by atoms with Gasteiger partial charge < -0.3 is 10.2 Å². The molecule has 1 aliphatic heterocycles. The predicted octanol–water partition coefficient (Wildman–Crippen LogP) is 3.99. The standard InChI is InChI=1S/C24H31N3O2/c1-3-4-5-20-6-10-22(11-7-20)25-24(29)18-26-14-16-27(17-15-26)23-12-8-21(9-13-23)19(2)28/h6-13H,3-5,14-18H2,1-2H3,(H,25,29). The van der Waals surface area contributed by atoms with Gasteiger partial charge in [0.1, 0.15) is 0 Å². The molecule has 5 nitrogen and oxygen atoms in total. The first kappa shape index (κ1) is 21.1. The molecule has 0 atom stereocenters. The lowest BCUT2D eigenvalue weighted by Gasteiger charge is -2.35. The molecule has 1 heterocycles. The summed E-state index contributed by atoms with van der Waals surface area (Å²) in [6.07, 6.45) is 3.47. The lowest BCUT2D eigenvalue weighted by atomic mass is 10.1. The molecular formula is C24H31N3O2. The third kappa shape index (κ3) is 6.16. The summed E-state index contributed by atoms with van der Waals surface area (Å²) in [7, 11) is 0. The second-order valence-corrected chi connectivity index (χ2v) is 7.71. The van der Waals surface area contributed by atoms with E-state index < -0.39 is 0 Å². The van der Waals surface area contributed by atoms with Gasteiger partial charge in [-0.05, 0) is 61.7 Å². The van der Waals surface area contributed by atoms with Gasteiger partial charge in [-0.1, -0.05) is 25.5 Å². The third-order valence-electron chi connectivity index (χ3n) is 5.44. The van der Waals surface area contributed by atoms with Crippen molar-refractivity contribution in [2.45, 2.75) is 33.1 Å². The van der Waals surface area contributed by atoms with Crippen molar-refractivity contribution in [2.75, 3.05) is 42.9 Å². The molecule has 1 saturated heterocycles. The highest BCUT2D eigenvalue weighted by Gasteiger charge is 2.19. The number of piperazine rings is 1. The number of carbonyl (C=O) groups excluding carboxylic acids is 2. The quantitative estimate of drug-likeness (QED) is 0.689. The Hall–Kier alpha value is -2.66. The molecule has 154 valence electrons. The van der Waals surface area contributed by atoms with Gasteiger partial charge in [-0.25, -0.2) is 0 Å². The number of rotatable bonds is 8. The molecule has 5 heteroatoms. The van der Waals surface area contributed by atoms with E-state index in [1.165, 1.54) is 18.4 Å². The van der Waals surface area contributed by atoms with E-state index in [0.717, 1.165) is 49.5 Å². The van der Waals surface area contributed by atoms with E-state index in [1.807, 2.05) is 36.4 Å². The molecule has 0 bridgehead atoms. The molecule has 2 aromatic rings. The highest BCUT2D eigenvalue weighted by molar-refractivity contribution is 5.94. The minimum absolute atomic E-state index is 0.0329. The molecule has 29 heavy (non-hydrogen) atoms. The van der Waals surface area contributed by atoms with E-state index >= 15 is 0 Å². The van der Waals surface area contributed by atoms with E-state index in [-0.39, 0.29) is 11.7 Å². The molecule has 0 unspecified atom stereocenters. The molecule has 3 rings (SSSR count). The predicted molar refractivity (Wildman–Crippen MR) is 119 cm³/mol. The molecular weight excluding hydrogens is 362 g/mol. The number of amides is 1. The maximum atomic E-state index is 12.4. The van der Waals surface area contributed by atoms with Crippen LogP contribution in [0.2, 0.25) is 0 Å². The van der Waals surface area contributed by atoms with Crippen molar-refractivity contribution in [1.29, 1.82) is 0 Å². The average Bonchev–Trinajstić information content (AvgIpc) is 2.74. The van der Waals surface area contributed by atoms with E-state index in [9.17, 15) is 9.59 Å². The Morgan fingerprint density at radius 3 is 2.17 bits per heavy atom. The van der Waals surface area contributed by atoms with Gasteiger partial charge in [-0.15, -0.1) is 0 Å². The molecule has 2 aromatic carbocycles. The molecule has 0 aliphatic carbocycles. The van der Waals surface area contributed by atoms with Gasteiger partial charge in [0.2, 0.25) is 5.91 Å². The number of benzene rings is 2. The minimum atomic E-state index is 0.0329. The fourth-order valence-electron chi connectivity index (χ4n) is 3.61. The van der Waals surface area contributed by atoms with Crippen LogP contribution in [0.3, 0.4) is 0 Å². The van der Waals surface area contributed by atoms with Gasteiger partial charge >= 0.3 is 0 Å². The molecule has 1 fully saturated rings. The van der Waals surface area contributed by atoms with E-state index in [4.69, 9.17) is 0 Å². The Morgan fingerprint density at radius 1 is 0.931 bits per heavy atom. The number of nitrogens with zero attached hydrogens (tertiary/aromatic N) is 2. The van der Waals surface area contributed by atoms with Gasteiger partial charge in [0.25, 0.3) is 0 Å².